The molecule has 0 radical (unpaired) electrons. The molecule has 1 N–H and O–H groups in total. The highest BCUT2D eigenvalue weighted by Crippen LogP contribution is 2.20. The Balaban J connectivity index is 2.49. The average Bonchev–Trinajstić information content (AvgIpc) is 2.29. The van der Waals surface area contributed by atoms with E-state index in [1.807, 2.05) is 0 Å². The molecule has 0 spiro atoms. The van der Waals surface area contributed by atoms with Gasteiger partial charge in [-0.1, -0.05) is 12.1 Å². The number of phenols is 1. The van der Waals surface area contributed by atoms with Crippen molar-refractivity contribution in [3.63, 3.8) is 0 Å². The molecule has 5 heteroatoms. The van der Waals surface area contributed by atoms with Gasteiger partial charge in [-0.3, -0.25) is 4.79 Å². The number of benzene rings is 1. The van der Waals surface area contributed by atoms with Crippen molar-refractivity contribution in [1.82, 2.24) is 15.2 Å². The lowest BCUT2D eigenvalue weighted by Gasteiger charge is -2.00. The summed E-state index contributed by atoms with van der Waals surface area (Å²) in [7, 11) is 0. The zero-order valence-electron chi connectivity index (χ0n) is 7.66. The third-order valence-electron chi connectivity index (χ3n) is 1.82. The monoisotopic (exact) mass is 201 g/mol. The Labute approximate surface area is 85.4 Å². The van der Waals surface area contributed by atoms with Gasteiger partial charge < -0.3 is 5.11 Å². The Morgan fingerprint density at radius 3 is 2.93 bits per heavy atom. The number of aromatic hydroxyl groups is 1. The summed E-state index contributed by atoms with van der Waals surface area (Å²) >= 11 is 0. The first-order valence-corrected chi connectivity index (χ1v) is 4.24. The molecule has 0 saturated heterocycles. The number of hydrogen-bond acceptors (Lipinski definition) is 5. The van der Waals surface area contributed by atoms with Crippen LogP contribution in [0.2, 0.25) is 0 Å². The molecule has 15 heavy (non-hydrogen) atoms. The van der Waals surface area contributed by atoms with E-state index in [9.17, 15) is 9.90 Å². The smallest absolute Gasteiger partial charge is 0.215 e. The van der Waals surface area contributed by atoms with E-state index >= 15 is 0 Å². The first-order valence-electron chi connectivity index (χ1n) is 4.24. The van der Waals surface area contributed by atoms with Gasteiger partial charge in [0.2, 0.25) is 5.82 Å². The van der Waals surface area contributed by atoms with E-state index in [1.165, 1.54) is 6.20 Å². The van der Waals surface area contributed by atoms with E-state index in [1.54, 1.807) is 24.3 Å². The molecule has 0 amide bonds. The van der Waals surface area contributed by atoms with Crippen LogP contribution in [0.5, 0.6) is 5.75 Å². The van der Waals surface area contributed by atoms with Gasteiger partial charge in [-0.25, -0.2) is 4.98 Å². The molecule has 0 saturated carbocycles. The highest BCUT2D eigenvalue weighted by atomic mass is 16.3. The van der Waals surface area contributed by atoms with Crippen LogP contribution >= 0.6 is 0 Å². The van der Waals surface area contributed by atoms with Gasteiger partial charge in [-0.05, 0) is 12.1 Å². The van der Waals surface area contributed by atoms with Gasteiger partial charge in [-0.15, -0.1) is 5.10 Å². The fourth-order valence-corrected chi connectivity index (χ4v) is 1.17. The zero-order chi connectivity index (χ0) is 10.7. The number of carbonyl (C=O) groups is 1. The van der Waals surface area contributed by atoms with E-state index < -0.39 is 0 Å². The van der Waals surface area contributed by atoms with Gasteiger partial charge >= 0.3 is 0 Å². The number of carbonyl (C=O) groups excluding carboxylic acids is 1. The van der Waals surface area contributed by atoms with Crippen LogP contribution in [-0.2, 0) is 0 Å². The molecule has 1 aromatic heterocycles. The highest BCUT2D eigenvalue weighted by molar-refractivity contribution is 5.70. The topological polar surface area (TPSA) is 76.0 Å². The number of aldehydes is 1. The Hall–Kier alpha value is -2.30. The maximum atomic E-state index is 10.4. The van der Waals surface area contributed by atoms with Crippen molar-refractivity contribution in [1.29, 1.82) is 0 Å². The molecular formula is C10H7N3O2. The van der Waals surface area contributed by atoms with Crippen LogP contribution in [0.3, 0.4) is 0 Å². The van der Waals surface area contributed by atoms with Crippen LogP contribution in [-0.4, -0.2) is 26.6 Å². The molecule has 0 atom stereocenters. The van der Waals surface area contributed by atoms with E-state index in [0.717, 1.165) is 0 Å². The Morgan fingerprint density at radius 2 is 2.20 bits per heavy atom. The molecule has 0 unspecified atom stereocenters. The van der Waals surface area contributed by atoms with E-state index in [2.05, 4.69) is 15.2 Å². The van der Waals surface area contributed by atoms with Gasteiger partial charge in [0.1, 0.15) is 5.75 Å². The lowest BCUT2D eigenvalue weighted by Crippen LogP contribution is -1.96. The number of hydrogen-bond donors (Lipinski definition) is 1. The minimum absolute atomic E-state index is 0.0239. The molecule has 2 rings (SSSR count). The molecule has 0 aliphatic carbocycles. The maximum absolute atomic E-state index is 10.4. The Morgan fingerprint density at radius 1 is 1.33 bits per heavy atom. The van der Waals surface area contributed by atoms with Crippen LogP contribution in [0.1, 0.15) is 10.6 Å². The molecule has 2 aromatic rings. The minimum Gasteiger partial charge on any atom is -0.508 e. The normalized spacial score (nSPS) is 9.87. The summed E-state index contributed by atoms with van der Waals surface area (Å²) in [4.78, 5) is 14.4. The van der Waals surface area contributed by atoms with E-state index in [4.69, 9.17) is 0 Å². The molecule has 0 aliphatic heterocycles. The second kappa shape index (κ2) is 3.83. The van der Waals surface area contributed by atoms with Crippen molar-refractivity contribution in [3.8, 4) is 17.0 Å². The van der Waals surface area contributed by atoms with Crippen LogP contribution in [0.25, 0.3) is 11.3 Å². The van der Waals surface area contributed by atoms with Crippen LogP contribution in [0.4, 0.5) is 0 Å². The van der Waals surface area contributed by atoms with Crippen molar-refractivity contribution in [2.45, 2.75) is 0 Å². The lowest BCUT2D eigenvalue weighted by molar-refractivity contribution is 0.111. The Bertz CT molecular complexity index is 500. The molecule has 5 nitrogen and oxygen atoms in total. The third kappa shape index (κ3) is 1.96. The largest absolute Gasteiger partial charge is 0.508 e. The molecular weight excluding hydrogens is 194 g/mol. The fraction of sp³-hybridized carbons (Fsp3) is 0. The number of aromatic nitrogens is 3. The van der Waals surface area contributed by atoms with Crippen LogP contribution in [0.15, 0.2) is 30.5 Å². The van der Waals surface area contributed by atoms with E-state index in [-0.39, 0.29) is 11.6 Å². The first kappa shape index (κ1) is 9.26. The SMILES string of the molecule is O=Cc1nncc(-c2cccc(O)c2)n1. The summed E-state index contributed by atoms with van der Waals surface area (Å²) in [6.07, 6.45) is 1.96. The minimum atomic E-state index is 0.0239. The summed E-state index contributed by atoms with van der Waals surface area (Å²) in [5.74, 6) is 0.162. The summed E-state index contributed by atoms with van der Waals surface area (Å²) in [5, 5.41) is 16.4. The van der Waals surface area contributed by atoms with Gasteiger partial charge in [0.25, 0.3) is 0 Å². The van der Waals surface area contributed by atoms with Crippen molar-refractivity contribution in [2.24, 2.45) is 0 Å². The summed E-state index contributed by atoms with van der Waals surface area (Å²) in [5.41, 5.74) is 1.19. The van der Waals surface area contributed by atoms with Crippen molar-refractivity contribution in [3.05, 3.63) is 36.3 Å². The van der Waals surface area contributed by atoms with Crippen molar-refractivity contribution < 1.29 is 9.90 Å². The second-order valence-electron chi connectivity index (χ2n) is 2.87. The Kier molecular flexibility index (Phi) is 2.37. The number of nitrogens with zero attached hydrogens (tertiary/aromatic N) is 3. The molecule has 0 bridgehead atoms. The van der Waals surface area contributed by atoms with Gasteiger partial charge in [-0.2, -0.15) is 5.10 Å². The van der Waals surface area contributed by atoms with Crippen LogP contribution < -0.4 is 0 Å². The van der Waals surface area contributed by atoms with Crippen molar-refractivity contribution >= 4 is 6.29 Å². The summed E-state index contributed by atoms with van der Waals surface area (Å²) in [6, 6.07) is 6.54. The number of rotatable bonds is 2. The van der Waals surface area contributed by atoms with Gasteiger partial charge in [0.15, 0.2) is 6.29 Å². The van der Waals surface area contributed by atoms with Gasteiger partial charge in [0.05, 0.1) is 11.9 Å². The fourth-order valence-electron chi connectivity index (χ4n) is 1.17. The highest BCUT2D eigenvalue weighted by Gasteiger charge is 2.02. The van der Waals surface area contributed by atoms with E-state index in [0.29, 0.717) is 17.5 Å². The van der Waals surface area contributed by atoms with Crippen molar-refractivity contribution in [2.75, 3.05) is 0 Å². The molecule has 0 fully saturated rings. The summed E-state index contributed by atoms with van der Waals surface area (Å²) in [6.45, 7) is 0. The molecule has 1 aromatic carbocycles. The second-order valence-corrected chi connectivity index (χ2v) is 2.87. The first-order chi connectivity index (χ1) is 7.29. The van der Waals surface area contributed by atoms with Gasteiger partial charge in [0, 0.05) is 5.56 Å². The lowest BCUT2D eigenvalue weighted by atomic mass is 10.1. The molecule has 74 valence electrons. The predicted octanol–water partition coefficient (Wildman–Crippen LogP) is 1.06. The number of phenolic OH excluding ortho intramolecular Hbond substituents is 1. The molecule has 0 aliphatic rings. The average molecular weight is 201 g/mol. The zero-order valence-corrected chi connectivity index (χ0v) is 7.66. The maximum Gasteiger partial charge on any atom is 0.215 e. The third-order valence-corrected chi connectivity index (χ3v) is 1.82. The summed E-state index contributed by atoms with van der Waals surface area (Å²) < 4.78 is 0. The van der Waals surface area contributed by atoms with Crippen LogP contribution in [0, 0.1) is 0 Å². The standard InChI is InChI=1S/C10H7N3O2/c14-6-10-12-9(5-11-13-10)7-2-1-3-8(15)4-7/h1-6,15H. The quantitative estimate of drug-likeness (QED) is 0.735. The predicted molar refractivity (Wildman–Crippen MR) is 52.3 cm³/mol. The molecule has 1 heterocycles.